The molecule has 6 nitrogen and oxygen atoms in total. The van der Waals surface area contributed by atoms with E-state index in [9.17, 15) is 4.79 Å². The first-order valence-electron chi connectivity index (χ1n) is 8.80. The number of carbonyl (C=O) groups is 1. The predicted octanol–water partition coefficient (Wildman–Crippen LogP) is 3.55. The summed E-state index contributed by atoms with van der Waals surface area (Å²) in [6.45, 7) is 4.96. The molecular weight excluding hydrogens is 366 g/mol. The number of morpholine rings is 1. The molecule has 0 spiro atoms. The first-order chi connectivity index (χ1) is 13.1. The number of halogens is 1. The molecule has 0 aliphatic carbocycles. The lowest BCUT2D eigenvalue weighted by molar-refractivity contribution is -0.126. The minimum Gasteiger partial charge on any atom is -0.383 e. The molecule has 1 aliphatic heterocycles. The van der Waals surface area contributed by atoms with Crippen molar-refractivity contribution in [3.8, 4) is 0 Å². The Labute approximate surface area is 163 Å². The van der Waals surface area contributed by atoms with Gasteiger partial charge in [-0.1, -0.05) is 28.9 Å². The molecule has 0 aromatic heterocycles. The minimum atomic E-state index is -0.718. The van der Waals surface area contributed by atoms with Crippen LogP contribution < -0.4 is 10.2 Å². The molecule has 1 heterocycles. The molecule has 27 heavy (non-hydrogen) atoms. The SMILES string of the molecule is CC(ON=Cc1ccc(N2CCOCC2)cc1)C(=O)Nc1ccc(Cl)cc1. The largest absolute Gasteiger partial charge is 0.383 e. The van der Waals surface area contributed by atoms with Crippen molar-refractivity contribution in [2.45, 2.75) is 13.0 Å². The summed E-state index contributed by atoms with van der Waals surface area (Å²) in [6.07, 6.45) is 0.874. The van der Waals surface area contributed by atoms with Crippen LogP contribution in [0.3, 0.4) is 0 Å². The lowest BCUT2D eigenvalue weighted by Gasteiger charge is -2.28. The maximum atomic E-state index is 12.1. The number of hydrogen-bond donors (Lipinski definition) is 1. The first-order valence-corrected chi connectivity index (χ1v) is 9.18. The van der Waals surface area contributed by atoms with Crippen molar-refractivity contribution in [3.63, 3.8) is 0 Å². The van der Waals surface area contributed by atoms with Crippen LogP contribution in [-0.4, -0.2) is 44.5 Å². The van der Waals surface area contributed by atoms with Gasteiger partial charge >= 0.3 is 0 Å². The topological polar surface area (TPSA) is 63.2 Å². The number of ether oxygens (including phenoxy) is 1. The van der Waals surface area contributed by atoms with Crippen molar-refractivity contribution in [3.05, 3.63) is 59.1 Å². The van der Waals surface area contributed by atoms with Gasteiger partial charge in [-0.05, 0) is 48.9 Å². The Balaban J connectivity index is 1.48. The third kappa shape index (κ3) is 5.70. The first kappa shape index (κ1) is 19.2. The monoisotopic (exact) mass is 387 g/mol. The molecule has 2 aromatic rings. The van der Waals surface area contributed by atoms with E-state index in [0.717, 1.165) is 37.6 Å². The van der Waals surface area contributed by atoms with Crippen molar-refractivity contribution in [1.82, 2.24) is 0 Å². The number of benzene rings is 2. The van der Waals surface area contributed by atoms with E-state index in [1.807, 2.05) is 24.3 Å². The summed E-state index contributed by atoms with van der Waals surface area (Å²) in [4.78, 5) is 19.6. The highest BCUT2D eigenvalue weighted by atomic mass is 35.5. The van der Waals surface area contributed by atoms with Gasteiger partial charge in [0, 0.05) is 29.5 Å². The molecule has 3 rings (SSSR count). The Morgan fingerprint density at radius 1 is 1.19 bits per heavy atom. The van der Waals surface area contributed by atoms with Gasteiger partial charge in [0.1, 0.15) is 0 Å². The summed E-state index contributed by atoms with van der Waals surface area (Å²) in [5.41, 5.74) is 2.71. The number of amides is 1. The highest BCUT2D eigenvalue weighted by Gasteiger charge is 2.14. The van der Waals surface area contributed by atoms with E-state index in [2.05, 4.69) is 15.4 Å². The van der Waals surface area contributed by atoms with Crippen LogP contribution in [0.2, 0.25) is 5.02 Å². The minimum absolute atomic E-state index is 0.280. The van der Waals surface area contributed by atoms with Crippen LogP contribution in [0.25, 0.3) is 0 Å². The second kappa shape index (κ2) is 9.39. The number of rotatable bonds is 6. The number of oxime groups is 1. The fourth-order valence-electron chi connectivity index (χ4n) is 2.60. The summed E-state index contributed by atoms with van der Waals surface area (Å²) < 4.78 is 5.36. The maximum absolute atomic E-state index is 12.1. The second-order valence-corrected chi connectivity index (χ2v) is 6.61. The van der Waals surface area contributed by atoms with Crippen molar-refractivity contribution < 1.29 is 14.4 Å². The Kier molecular flexibility index (Phi) is 6.68. The lowest BCUT2D eigenvalue weighted by atomic mass is 10.2. The fourth-order valence-corrected chi connectivity index (χ4v) is 2.73. The van der Waals surface area contributed by atoms with Crippen LogP contribution >= 0.6 is 11.6 Å². The number of carbonyl (C=O) groups excluding carboxylic acids is 1. The molecule has 0 saturated carbocycles. The molecular formula is C20H22ClN3O3. The zero-order valence-corrected chi connectivity index (χ0v) is 15.9. The summed E-state index contributed by atoms with van der Waals surface area (Å²) in [7, 11) is 0. The molecule has 1 amide bonds. The lowest BCUT2D eigenvalue weighted by Crippen LogP contribution is -2.36. The van der Waals surface area contributed by atoms with Crippen LogP contribution in [0, 0.1) is 0 Å². The van der Waals surface area contributed by atoms with E-state index in [-0.39, 0.29) is 5.91 Å². The average molecular weight is 388 g/mol. The molecule has 1 aliphatic rings. The molecule has 142 valence electrons. The Morgan fingerprint density at radius 3 is 2.52 bits per heavy atom. The third-order valence-electron chi connectivity index (χ3n) is 4.17. The van der Waals surface area contributed by atoms with Crippen LogP contribution in [0.4, 0.5) is 11.4 Å². The van der Waals surface area contributed by atoms with Gasteiger partial charge in [-0.3, -0.25) is 4.79 Å². The maximum Gasteiger partial charge on any atom is 0.267 e. The van der Waals surface area contributed by atoms with Crippen molar-refractivity contribution in [2.24, 2.45) is 5.16 Å². The zero-order valence-electron chi connectivity index (χ0n) is 15.1. The molecule has 7 heteroatoms. The zero-order chi connectivity index (χ0) is 19.1. The third-order valence-corrected chi connectivity index (χ3v) is 4.42. The smallest absolute Gasteiger partial charge is 0.267 e. The number of anilines is 2. The van der Waals surface area contributed by atoms with Crippen molar-refractivity contribution in [1.29, 1.82) is 0 Å². The van der Waals surface area contributed by atoms with Crippen molar-refractivity contribution in [2.75, 3.05) is 36.5 Å². The van der Waals surface area contributed by atoms with E-state index in [0.29, 0.717) is 10.7 Å². The molecule has 1 fully saturated rings. The summed E-state index contributed by atoms with van der Waals surface area (Å²) in [5.74, 6) is -0.280. The number of hydrogen-bond acceptors (Lipinski definition) is 5. The molecule has 1 unspecified atom stereocenters. The summed E-state index contributed by atoms with van der Waals surface area (Å²) in [6, 6.07) is 14.9. The van der Waals surface area contributed by atoms with E-state index in [4.69, 9.17) is 21.2 Å². The van der Waals surface area contributed by atoms with Gasteiger partial charge in [-0.2, -0.15) is 0 Å². The fraction of sp³-hybridized carbons (Fsp3) is 0.300. The second-order valence-electron chi connectivity index (χ2n) is 6.17. The normalized spacial score (nSPS) is 15.6. The molecule has 1 N–H and O–H groups in total. The van der Waals surface area contributed by atoms with E-state index in [1.54, 1.807) is 37.4 Å². The number of nitrogens with one attached hydrogen (secondary N) is 1. The van der Waals surface area contributed by atoms with E-state index in [1.165, 1.54) is 0 Å². The van der Waals surface area contributed by atoms with Crippen molar-refractivity contribution >= 4 is 35.1 Å². The highest BCUT2D eigenvalue weighted by molar-refractivity contribution is 6.30. The van der Waals surface area contributed by atoms with Gasteiger partial charge < -0.3 is 19.8 Å². The molecule has 0 radical (unpaired) electrons. The van der Waals surface area contributed by atoms with Gasteiger partial charge in [-0.25, -0.2) is 0 Å². The highest BCUT2D eigenvalue weighted by Crippen LogP contribution is 2.16. The molecule has 0 bridgehead atoms. The molecule has 1 saturated heterocycles. The Morgan fingerprint density at radius 2 is 1.85 bits per heavy atom. The van der Waals surface area contributed by atoms with E-state index < -0.39 is 6.10 Å². The van der Waals surface area contributed by atoms with Crippen LogP contribution in [-0.2, 0) is 14.4 Å². The van der Waals surface area contributed by atoms with Gasteiger partial charge in [0.25, 0.3) is 5.91 Å². The predicted molar refractivity (Wildman–Crippen MR) is 108 cm³/mol. The van der Waals surface area contributed by atoms with Gasteiger partial charge in [0.15, 0.2) is 0 Å². The Bertz CT molecular complexity index is 772. The molecule has 1 atom stereocenters. The van der Waals surface area contributed by atoms with Crippen LogP contribution in [0.5, 0.6) is 0 Å². The standard InChI is InChI=1S/C20H22ClN3O3/c1-15(20(25)23-18-6-4-17(21)5-7-18)27-22-14-16-2-8-19(9-3-16)24-10-12-26-13-11-24/h2-9,14-15H,10-13H2,1H3,(H,23,25). The van der Waals surface area contributed by atoms with Gasteiger partial charge in [0.2, 0.25) is 6.10 Å². The molecule has 2 aromatic carbocycles. The summed E-state index contributed by atoms with van der Waals surface area (Å²) >= 11 is 5.83. The Hall–Kier alpha value is -2.57. The van der Waals surface area contributed by atoms with Gasteiger partial charge in [0.05, 0.1) is 19.4 Å². The van der Waals surface area contributed by atoms with Crippen LogP contribution in [0.1, 0.15) is 12.5 Å². The quantitative estimate of drug-likeness (QED) is 0.608. The van der Waals surface area contributed by atoms with Gasteiger partial charge in [-0.15, -0.1) is 0 Å². The number of nitrogens with zero attached hydrogens (tertiary/aromatic N) is 2. The average Bonchev–Trinajstić information content (AvgIpc) is 2.71. The summed E-state index contributed by atoms with van der Waals surface area (Å²) in [5, 5.41) is 7.28. The van der Waals surface area contributed by atoms with E-state index >= 15 is 0 Å². The van der Waals surface area contributed by atoms with Crippen LogP contribution in [0.15, 0.2) is 53.7 Å².